The maximum atomic E-state index is 5.27. The number of methoxy groups -OCH3 is 2. The summed E-state index contributed by atoms with van der Waals surface area (Å²) in [5.74, 6) is 3.56. The monoisotopic (exact) mass is 409 g/mol. The average Bonchev–Trinajstić information content (AvgIpc) is 2.76. The molecule has 152 valence electrons. The molecular weight excluding hydrogens is 382 g/mol. The Kier molecular flexibility index (Phi) is 7.90. The van der Waals surface area contributed by atoms with Gasteiger partial charge in [-0.25, -0.2) is 14.3 Å². The van der Waals surface area contributed by atoms with Crippen molar-refractivity contribution >= 4 is 11.9 Å². The highest BCUT2D eigenvalue weighted by molar-refractivity contribution is 7.96. The van der Waals surface area contributed by atoms with Gasteiger partial charge in [-0.2, -0.15) is 0 Å². The molecule has 0 saturated carbocycles. The van der Waals surface area contributed by atoms with E-state index in [9.17, 15) is 0 Å². The summed E-state index contributed by atoms with van der Waals surface area (Å²) in [7, 11) is 3.38. The first-order valence-corrected chi connectivity index (χ1v) is 10.5. The minimum Gasteiger partial charge on any atom is -0.497 e. The van der Waals surface area contributed by atoms with Crippen molar-refractivity contribution in [3.8, 4) is 11.5 Å². The van der Waals surface area contributed by atoms with Crippen molar-refractivity contribution in [3.05, 3.63) is 83.4 Å². The molecule has 0 amide bonds. The number of aromatic nitrogens is 2. The van der Waals surface area contributed by atoms with Crippen molar-refractivity contribution in [2.24, 2.45) is 0 Å². The normalized spacial score (nSPS) is 10.9. The predicted molar refractivity (Wildman–Crippen MR) is 118 cm³/mol. The van der Waals surface area contributed by atoms with Crippen molar-refractivity contribution in [2.45, 2.75) is 26.4 Å². The van der Waals surface area contributed by atoms with Crippen LogP contribution >= 0.6 is 11.9 Å². The first kappa shape index (κ1) is 21.1. The first-order chi connectivity index (χ1) is 14.2. The number of hydrogen-bond acceptors (Lipinski definition) is 6. The second-order valence-electron chi connectivity index (χ2n) is 6.75. The van der Waals surface area contributed by atoms with E-state index in [1.54, 1.807) is 14.2 Å². The summed E-state index contributed by atoms with van der Waals surface area (Å²) < 4.78 is 12.9. The molecule has 0 N–H and O–H groups in total. The fraction of sp³-hybridized carbons (Fsp3) is 0.304. The maximum absolute atomic E-state index is 5.27. The third kappa shape index (κ3) is 6.76. The van der Waals surface area contributed by atoms with Crippen LogP contribution in [0.2, 0.25) is 0 Å². The summed E-state index contributed by atoms with van der Waals surface area (Å²) in [6.45, 7) is 3.69. The average molecular weight is 410 g/mol. The Morgan fingerprint density at radius 1 is 0.793 bits per heavy atom. The number of ether oxygens (including phenoxy) is 2. The Hall–Kier alpha value is -2.57. The molecule has 0 bridgehead atoms. The molecule has 0 saturated heterocycles. The Labute approximate surface area is 177 Å². The number of nitrogens with zero attached hydrogens (tertiary/aromatic N) is 3. The van der Waals surface area contributed by atoms with E-state index in [-0.39, 0.29) is 0 Å². The Morgan fingerprint density at radius 3 is 1.72 bits per heavy atom. The molecule has 1 aromatic heterocycles. The number of hydrogen-bond donors (Lipinski definition) is 0. The van der Waals surface area contributed by atoms with Crippen molar-refractivity contribution in [1.82, 2.24) is 14.3 Å². The first-order valence-electron chi connectivity index (χ1n) is 9.57. The lowest BCUT2D eigenvalue weighted by atomic mass is 10.2. The Morgan fingerprint density at radius 2 is 1.28 bits per heavy atom. The number of aryl methyl sites for hydroxylation is 2. The molecule has 6 heteroatoms. The van der Waals surface area contributed by atoms with Gasteiger partial charge in [0, 0.05) is 37.7 Å². The summed E-state index contributed by atoms with van der Waals surface area (Å²) in [6, 6.07) is 16.5. The minimum atomic E-state index is 0.840. The fourth-order valence-electron chi connectivity index (χ4n) is 2.83. The lowest BCUT2D eigenvalue weighted by Crippen LogP contribution is -2.16. The van der Waals surface area contributed by atoms with Crippen LogP contribution in [0.3, 0.4) is 0 Å². The molecule has 1 heterocycles. The molecule has 0 radical (unpaired) electrons. The van der Waals surface area contributed by atoms with Gasteiger partial charge in [-0.3, -0.25) is 0 Å². The van der Waals surface area contributed by atoms with Gasteiger partial charge >= 0.3 is 0 Å². The smallest absolute Gasteiger partial charge is 0.129 e. The van der Waals surface area contributed by atoms with Crippen molar-refractivity contribution < 1.29 is 9.47 Å². The Bertz CT molecular complexity index is 819. The van der Waals surface area contributed by atoms with Crippen LogP contribution in [0.25, 0.3) is 0 Å². The van der Waals surface area contributed by atoms with Crippen LogP contribution in [0.1, 0.15) is 22.5 Å². The van der Waals surface area contributed by atoms with Crippen LogP contribution < -0.4 is 9.47 Å². The summed E-state index contributed by atoms with van der Waals surface area (Å²) in [5.41, 5.74) is 3.58. The highest BCUT2D eigenvalue weighted by atomic mass is 32.2. The van der Waals surface area contributed by atoms with Crippen molar-refractivity contribution in [3.63, 3.8) is 0 Å². The van der Waals surface area contributed by atoms with Crippen LogP contribution in [-0.4, -0.2) is 34.2 Å². The van der Waals surface area contributed by atoms with Gasteiger partial charge < -0.3 is 9.47 Å². The predicted octanol–water partition coefficient (Wildman–Crippen LogP) is 4.70. The van der Waals surface area contributed by atoms with E-state index >= 15 is 0 Å². The summed E-state index contributed by atoms with van der Waals surface area (Å²) in [4.78, 5) is 8.82. The lowest BCUT2D eigenvalue weighted by Gasteiger charge is -2.21. The van der Waals surface area contributed by atoms with E-state index in [4.69, 9.17) is 9.47 Å². The fourth-order valence-corrected chi connectivity index (χ4v) is 3.84. The van der Waals surface area contributed by atoms with E-state index in [1.807, 2.05) is 55.5 Å². The molecule has 0 atom stereocenters. The molecule has 0 aliphatic heterocycles. The highest BCUT2D eigenvalue weighted by Gasteiger charge is 2.10. The van der Waals surface area contributed by atoms with Crippen molar-refractivity contribution in [1.29, 1.82) is 0 Å². The maximum Gasteiger partial charge on any atom is 0.129 e. The molecule has 3 aromatic rings. The molecule has 0 fully saturated rings. The van der Waals surface area contributed by atoms with Crippen LogP contribution in [0.15, 0.2) is 60.9 Å². The second kappa shape index (κ2) is 10.8. The third-order valence-corrected chi connectivity index (χ3v) is 5.48. The van der Waals surface area contributed by atoms with Gasteiger partial charge in [0.25, 0.3) is 0 Å². The zero-order valence-electron chi connectivity index (χ0n) is 17.2. The highest BCUT2D eigenvalue weighted by Crippen LogP contribution is 2.22. The van der Waals surface area contributed by atoms with Gasteiger partial charge in [0.2, 0.25) is 0 Å². The number of rotatable bonds is 10. The van der Waals surface area contributed by atoms with E-state index < -0.39 is 0 Å². The SMILES string of the molecule is COc1ccc(CN(Cc2ccc(OC)cc2)SCCc2ncc(C)cn2)cc1. The van der Waals surface area contributed by atoms with E-state index in [0.29, 0.717) is 0 Å². The summed E-state index contributed by atoms with van der Waals surface area (Å²) in [6.07, 6.45) is 4.59. The molecule has 0 unspecified atom stereocenters. The summed E-state index contributed by atoms with van der Waals surface area (Å²) in [5, 5.41) is 0. The molecule has 0 aliphatic rings. The van der Waals surface area contributed by atoms with Gasteiger partial charge in [-0.15, -0.1) is 0 Å². The molecule has 2 aromatic carbocycles. The van der Waals surface area contributed by atoms with Gasteiger partial charge in [-0.1, -0.05) is 36.2 Å². The zero-order valence-corrected chi connectivity index (χ0v) is 18.0. The molecular formula is C23H27N3O2S. The second-order valence-corrected chi connectivity index (χ2v) is 7.94. The minimum absolute atomic E-state index is 0.840. The largest absolute Gasteiger partial charge is 0.497 e. The van der Waals surface area contributed by atoms with Gasteiger partial charge in [-0.05, 0) is 47.9 Å². The lowest BCUT2D eigenvalue weighted by molar-refractivity contribution is 0.413. The van der Waals surface area contributed by atoms with Gasteiger partial charge in [0.05, 0.1) is 14.2 Å². The topological polar surface area (TPSA) is 47.5 Å². The molecule has 0 aliphatic carbocycles. The quantitative estimate of drug-likeness (QED) is 0.453. The zero-order chi connectivity index (χ0) is 20.5. The molecule has 0 spiro atoms. The number of benzene rings is 2. The molecule has 5 nitrogen and oxygen atoms in total. The summed E-state index contributed by atoms with van der Waals surface area (Å²) >= 11 is 1.82. The van der Waals surface area contributed by atoms with Gasteiger partial charge in [0.1, 0.15) is 17.3 Å². The van der Waals surface area contributed by atoms with Crippen LogP contribution in [0, 0.1) is 6.92 Å². The van der Waals surface area contributed by atoms with Crippen molar-refractivity contribution in [2.75, 3.05) is 20.0 Å². The van der Waals surface area contributed by atoms with E-state index in [0.717, 1.165) is 48.2 Å². The molecule has 3 rings (SSSR count). The van der Waals surface area contributed by atoms with E-state index in [1.165, 1.54) is 11.1 Å². The van der Waals surface area contributed by atoms with Crippen LogP contribution in [0.5, 0.6) is 11.5 Å². The third-order valence-electron chi connectivity index (χ3n) is 4.47. The molecule has 29 heavy (non-hydrogen) atoms. The van der Waals surface area contributed by atoms with E-state index in [2.05, 4.69) is 38.5 Å². The van der Waals surface area contributed by atoms with Gasteiger partial charge in [0.15, 0.2) is 0 Å². The van der Waals surface area contributed by atoms with Crippen LogP contribution in [-0.2, 0) is 19.5 Å². The van der Waals surface area contributed by atoms with Crippen LogP contribution in [0.4, 0.5) is 0 Å². The standard InChI is InChI=1S/C23H27N3O2S/c1-18-14-24-23(25-15-18)12-13-29-26(16-19-4-8-21(27-2)9-5-19)17-20-6-10-22(28-3)11-7-20/h4-11,14-15H,12-13,16-17H2,1-3H3. The Balaban J connectivity index is 1.64.